The van der Waals surface area contributed by atoms with Crippen LogP contribution in [-0.4, -0.2) is 49.7 Å². The number of rotatable bonds is 4. The van der Waals surface area contributed by atoms with E-state index in [0.717, 1.165) is 26.3 Å². The number of carbonyl (C=O) groups is 1. The first-order valence-corrected chi connectivity index (χ1v) is 6.62. The van der Waals surface area contributed by atoms with Gasteiger partial charge in [0.1, 0.15) is 0 Å². The molecular formula is C14H23Cl2N3O2. The number of morpholine rings is 1. The number of halogens is 2. The average Bonchev–Trinajstić information content (AvgIpc) is 2.45. The summed E-state index contributed by atoms with van der Waals surface area (Å²) in [7, 11) is 0. The van der Waals surface area contributed by atoms with Crippen LogP contribution in [0.4, 0.5) is 5.69 Å². The van der Waals surface area contributed by atoms with E-state index in [-0.39, 0.29) is 30.7 Å². The molecule has 0 bridgehead atoms. The van der Waals surface area contributed by atoms with Gasteiger partial charge in [0.15, 0.2) is 0 Å². The molecule has 1 fully saturated rings. The van der Waals surface area contributed by atoms with Crippen molar-refractivity contribution in [2.24, 2.45) is 0 Å². The van der Waals surface area contributed by atoms with Crippen molar-refractivity contribution in [2.45, 2.75) is 13.0 Å². The third kappa shape index (κ3) is 6.09. The number of ether oxygens (including phenoxy) is 1. The molecule has 0 saturated carbocycles. The van der Waals surface area contributed by atoms with Gasteiger partial charge in [-0.3, -0.25) is 9.69 Å². The maximum absolute atomic E-state index is 12.0. The Balaban J connectivity index is 0.00000200. The zero-order chi connectivity index (χ0) is 13.7. The van der Waals surface area contributed by atoms with Gasteiger partial charge in [-0.15, -0.1) is 24.8 Å². The number of carbonyl (C=O) groups excluding carboxylic acids is 1. The third-order valence-electron chi connectivity index (χ3n) is 3.38. The number of nitrogen functional groups attached to an aromatic ring is 1. The van der Waals surface area contributed by atoms with Gasteiger partial charge in [-0.1, -0.05) is 6.07 Å². The van der Waals surface area contributed by atoms with Crippen LogP contribution in [0.2, 0.25) is 0 Å². The number of nitrogens with two attached hydrogens (primary N) is 1. The minimum atomic E-state index is -0.0765. The van der Waals surface area contributed by atoms with Crippen molar-refractivity contribution in [1.82, 2.24) is 10.2 Å². The van der Waals surface area contributed by atoms with Gasteiger partial charge in [-0.05, 0) is 25.1 Å². The molecule has 7 heteroatoms. The number of anilines is 1. The monoisotopic (exact) mass is 335 g/mol. The Bertz CT molecular complexity index is 440. The Morgan fingerprint density at radius 3 is 2.67 bits per heavy atom. The molecule has 0 radical (unpaired) electrons. The molecule has 1 atom stereocenters. The molecule has 1 aliphatic heterocycles. The fourth-order valence-corrected chi connectivity index (χ4v) is 2.17. The Labute approximate surface area is 138 Å². The van der Waals surface area contributed by atoms with Gasteiger partial charge in [0.2, 0.25) is 0 Å². The fraction of sp³-hybridized carbons (Fsp3) is 0.500. The van der Waals surface area contributed by atoms with E-state index in [1.807, 2.05) is 0 Å². The summed E-state index contributed by atoms with van der Waals surface area (Å²) in [6.45, 7) is 6.14. The molecule has 1 aromatic rings. The van der Waals surface area contributed by atoms with Gasteiger partial charge in [0.05, 0.1) is 13.2 Å². The molecule has 120 valence electrons. The maximum Gasteiger partial charge on any atom is 0.251 e. The summed E-state index contributed by atoms with van der Waals surface area (Å²) >= 11 is 0. The molecular weight excluding hydrogens is 313 g/mol. The van der Waals surface area contributed by atoms with Crippen LogP contribution in [-0.2, 0) is 4.74 Å². The molecule has 1 saturated heterocycles. The first-order chi connectivity index (χ1) is 9.16. The Kier molecular flexibility index (Phi) is 9.37. The van der Waals surface area contributed by atoms with Crippen LogP contribution in [0.5, 0.6) is 0 Å². The molecule has 0 aromatic heterocycles. The lowest BCUT2D eigenvalue weighted by molar-refractivity contribution is 0.0204. The molecule has 2 rings (SSSR count). The average molecular weight is 336 g/mol. The van der Waals surface area contributed by atoms with E-state index >= 15 is 0 Å². The summed E-state index contributed by atoms with van der Waals surface area (Å²) in [5, 5.41) is 2.95. The standard InChI is InChI=1S/C14H21N3O2.2ClH/c1-11(17-5-7-19-8-6-17)10-16-14(18)12-3-2-4-13(15)9-12;;/h2-4,9,11H,5-8,10,15H2,1H3,(H,16,18);2*1H. The number of hydrogen-bond acceptors (Lipinski definition) is 4. The first kappa shape index (κ1) is 20.0. The van der Waals surface area contributed by atoms with Crippen molar-refractivity contribution in [2.75, 3.05) is 38.6 Å². The number of amides is 1. The van der Waals surface area contributed by atoms with Crippen LogP contribution < -0.4 is 11.1 Å². The minimum Gasteiger partial charge on any atom is -0.399 e. The van der Waals surface area contributed by atoms with Crippen molar-refractivity contribution >= 4 is 36.4 Å². The molecule has 21 heavy (non-hydrogen) atoms. The zero-order valence-electron chi connectivity index (χ0n) is 12.1. The summed E-state index contributed by atoms with van der Waals surface area (Å²) < 4.78 is 5.32. The Hall–Kier alpha value is -1.01. The van der Waals surface area contributed by atoms with Crippen molar-refractivity contribution < 1.29 is 9.53 Å². The van der Waals surface area contributed by atoms with Gasteiger partial charge in [0, 0.05) is 36.9 Å². The predicted octanol–water partition coefficient (Wildman–Crippen LogP) is 1.56. The van der Waals surface area contributed by atoms with Crippen LogP contribution >= 0.6 is 24.8 Å². The van der Waals surface area contributed by atoms with Gasteiger partial charge >= 0.3 is 0 Å². The van der Waals surface area contributed by atoms with E-state index in [2.05, 4.69) is 17.1 Å². The molecule has 1 aromatic carbocycles. The number of nitrogens with one attached hydrogen (secondary N) is 1. The molecule has 0 spiro atoms. The van der Waals surface area contributed by atoms with Gasteiger partial charge in [-0.25, -0.2) is 0 Å². The normalized spacial score (nSPS) is 16.2. The quantitative estimate of drug-likeness (QED) is 0.819. The summed E-state index contributed by atoms with van der Waals surface area (Å²) in [6, 6.07) is 7.33. The van der Waals surface area contributed by atoms with Crippen molar-refractivity contribution in [3.05, 3.63) is 29.8 Å². The smallest absolute Gasteiger partial charge is 0.251 e. The van der Waals surface area contributed by atoms with Gasteiger partial charge in [0.25, 0.3) is 5.91 Å². The number of nitrogens with zero attached hydrogens (tertiary/aromatic N) is 1. The van der Waals surface area contributed by atoms with Gasteiger partial charge < -0.3 is 15.8 Å². The largest absolute Gasteiger partial charge is 0.399 e. The molecule has 1 aliphatic rings. The van der Waals surface area contributed by atoms with Crippen molar-refractivity contribution in [3.63, 3.8) is 0 Å². The van der Waals surface area contributed by atoms with Crippen molar-refractivity contribution in [1.29, 1.82) is 0 Å². The molecule has 1 amide bonds. The van der Waals surface area contributed by atoms with Crippen LogP contribution in [0, 0.1) is 0 Å². The van der Waals surface area contributed by atoms with E-state index in [0.29, 0.717) is 23.8 Å². The molecule has 0 aliphatic carbocycles. The summed E-state index contributed by atoms with van der Waals surface area (Å²) in [5.41, 5.74) is 6.88. The highest BCUT2D eigenvalue weighted by molar-refractivity contribution is 5.94. The first-order valence-electron chi connectivity index (χ1n) is 6.62. The van der Waals surface area contributed by atoms with E-state index < -0.39 is 0 Å². The molecule has 1 unspecified atom stereocenters. The second-order valence-electron chi connectivity index (χ2n) is 4.83. The van der Waals surface area contributed by atoms with Gasteiger partial charge in [-0.2, -0.15) is 0 Å². The third-order valence-corrected chi connectivity index (χ3v) is 3.38. The van der Waals surface area contributed by atoms with Crippen LogP contribution in [0.3, 0.4) is 0 Å². The predicted molar refractivity (Wildman–Crippen MR) is 89.5 cm³/mol. The number of benzene rings is 1. The van der Waals surface area contributed by atoms with E-state index in [1.54, 1.807) is 24.3 Å². The molecule has 5 nitrogen and oxygen atoms in total. The summed E-state index contributed by atoms with van der Waals surface area (Å²) in [6.07, 6.45) is 0. The molecule has 3 N–H and O–H groups in total. The second-order valence-corrected chi connectivity index (χ2v) is 4.83. The lowest BCUT2D eigenvalue weighted by atomic mass is 10.2. The maximum atomic E-state index is 12.0. The highest BCUT2D eigenvalue weighted by atomic mass is 35.5. The summed E-state index contributed by atoms with van der Waals surface area (Å²) in [4.78, 5) is 14.3. The summed E-state index contributed by atoms with van der Waals surface area (Å²) in [5.74, 6) is -0.0765. The van der Waals surface area contributed by atoms with E-state index in [1.165, 1.54) is 0 Å². The van der Waals surface area contributed by atoms with Crippen molar-refractivity contribution in [3.8, 4) is 0 Å². The van der Waals surface area contributed by atoms with E-state index in [9.17, 15) is 4.79 Å². The second kappa shape index (κ2) is 9.84. The highest BCUT2D eigenvalue weighted by Crippen LogP contribution is 2.07. The molecule has 1 heterocycles. The highest BCUT2D eigenvalue weighted by Gasteiger charge is 2.17. The van der Waals surface area contributed by atoms with E-state index in [4.69, 9.17) is 10.5 Å². The van der Waals surface area contributed by atoms with Crippen LogP contribution in [0.1, 0.15) is 17.3 Å². The minimum absolute atomic E-state index is 0. The van der Waals surface area contributed by atoms with Crippen LogP contribution in [0.25, 0.3) is 0 Å². The SMILES string of the molecule is CC(CNC(=O)c1cccc(N)c1)N1CCOCC1.Cl.Cl. The number of hydrogen-bond donors (Lipinski definition) is 2. The Morgan fingerprint density at radius 2 is 2.05 bits per heavy atom. The fourth-order valence-electron chi connectivity index (χ4n) is 2.17. The topological polar surface area (TPSA) is 67.6 Å². The lowest BCUT2D eigenvalue weighted by Crippen LogP contribution is -2.47. The zero-order valence-corrected chi connectivity index (χ0v) is 13.7. The van der Waals surface area contributed by atoms with Crippen LogP contribution in [0.15, 0.2) is 24.3 Å². The Morgan fingerprint density at radius 1 is 1.38 bits per heavy atom. The lowest BCUT2D eigenvalue weighted by Gasteiger charge is -2.32.